The van der Waals surface area contributed by atoms with Gasteiger partial charge in [-0.2, -0.15) is 0 Å². The smallest absolute Gasteiger partial charge is 0.339 e. The summed E-state index contributed by atoms with van der Waals surface area (Å²) in [5.74, 6) is -1.56. The number of benzene rings is 1. The molecular weight excluding hydrogens is 325 g/mol. The van der Waals surface area contributed by atoms with E-state index in [1.165, 1.54) is 30.6 Å². The Kier molecular flexibility index (Phi) is 5.43. The number of hydrogen-bond acceptors (Lipinski definition) is 5. The van der Waals surface area contributed by atoms with E-state index < -0.39 is 11.8 Å². The molecule has 0 unspecified atom stereocenters. The fourth-order valence-corrected chi connectivity index (χ4v) is 2.25. The molecule has 0 spiro atoms. The maximum atomic E-state index is 13.3. The first-order valence-electron chi connectivity index (χ1n) is 7.65. The number of aromatic carboxylic acids is 1. The number of nitrogens with zero attached hydrogens (tertiary/aromatic N) is 2. The van der Waals surface area contributed by atoms with Crippen molar-refractivity contribution in [2.45, 2.75) is 13.8 Å². The number of nitrogens with one attached hydrogen (secondary N) is 3. The quantitative estimate of drug-likeness (QED) is 0.543. The van der Waals surface area contributed by atoms with E-state index in [0.29, 0.717) is 16.9 Å². The van der Waals surface area contributed by atoms with Gasteiger partial charge in [-0.05, 0) is 18.2 Å². The van der Waals surface area contributed by atoms with Gasteiger partial charge in [-0.3, -0.25) is 5.41 Å². The van der Waals surface area contributed by atoms with Crippen LogP contribution in [0.5, 0.6) is 0 Å². The third kappa shape index (κ3) is 3.47. The van der Waals surface area contributed by atoms with Gasteiger partial charge in [-0.25, -0.2) is 19.2 Å². The van der Waals surface area contributed by atoms with Gasteiger partial charge in [0.1, 0.15) is 22.6 Å². The van der Waals surface area contributed by atoms with Crippen LogP contribution >= 0.6 is 0 Å². The average Bonchev–Trinajstić information content (AvgIpc) is 3.06. The second-order valence-corrected chi connectivity index (χ2v) is 4.77. The van der Waals surface area contributed by atoms with Crippen LogP contribution in [0.25, 0.3) is 11.2 Å². The molecule has 3 aromatic rings. The highest BCUT2D eigenvalue weighted by Gasteiger charge is 2.17. The number of aromatic nitrogens is 3. The molecule has 0 atom stereocenters. The molecule has 2 aromatic heterocycles. The van der Waals surface area contributed by atoms with Crippen molar-refractivity contribution >= 4 is 28.5 Å². The Morgan fingerprint density at radius 3 is 2.68 bits per heavy atom. The molecule has 1 aromatic carbocycles. The molecule has 0 fully saturated rings. The minimum atomic E-state index is -1.13. The zero-order valence-electron chi connectivity index (χ0n) is 14.0. The summed E-state index contributed by atoms with van der Waals surface area (Å²) in [6.07, 6.45) is 2.67. The standard InChI is InChI=1S/C15H12FN5O2.C2H6/c1-18-10-4-7(16)2-3-8(10)12(17)11-6-20-14-13(21-11)9(5-19-14)15(22)23;1-2/h2-6,17-18H,1H3,(H,19,20)(H,22,23);1-2H3. The van der Waals surface area contributed by atoms with Crippen LogP contribution in [-0.4, -0.2) is 38.8 Å². The lowest BCUT2D eigenvalue weighted by Gasteiger charge is -2.10. The first-order valence-corrected chi connectivity index (χ1v) is 7.65. The molecule has 0 bridgehead atoms. The zero-order valence-corrected chi connectivity index (χ0v) is 14.0. The van der Waals surface area contributed by atoms with E-state index in [0.717, 1.165) is 0 Å². The summed E-state index contributed by atoms with van der Waals surface area (Å²) in [6.45, 7) is 4.00. The van der Waals surface area contributed by atoms with E-state index in [-0.39, 0.29) is 22.5 Å². The number of rotatable bonds is 4. The Morgan fingerprint density at radius 1 is 1.32 bits per heavy atom. The molecule has 130 valence electrons. The van der Waals surface area contributed by atoms with Crippen molar-refractivity contribution < 1.29 is 14.3 Å². The van der Waals surface area contributed by atoms with Crippen molar-refractivity contribution in [2.75, 3.05) is 12.4 Å². The van der Waals surface area contributed by atoms with Gasteiger partial charge < -0.3 is 15.4 Å². The third-order valence-corrected chi connectivity index (χ3v) is 3.39. The van der Waals surface area contributed by atoms with E-state index in [4.69, 9.17) is 10.5 Å². The van der Waals surface area contributed by atoms with Gasteiger partial charge in [0.25, 0.3) is 0 Å². The highest BCUT2D eigenvalue weighted by molar-refractivity contribution is 6.13. The molecule has 0 saturated carbocycles. The van der Waals surface area contributed by atoms with Gasteiger partial charge in [0, 0.05) is 24.5 Å². The number of carboxylic acid groups (broad SMARTS) is 1. The largest absolute Gasteiger partial charge is 0.478 e. The Balaban J connectivity index is 0.00000109. The van der Waals surface area contributed by atoms with Crippen molar-refractivity contribution in [3.05, 3.63) is 53.2 Å². The van der Waals surface area contributed by atoms with Gasteiger partial charge in [-0.15, -0.1) is 0 Å². The van der Waals surface area contributed by atoms with Gasteiger partial charge >= 0.3 is 5.97 Å². The van der Waals surface area contributed by atoms with Crippen LogP contribution in [0.4, 0.5) is 10.1 Å². The molecule has 8 heteroatoms. The molecule has 0 aliphatic rings. The molecular formula is C17H18FN5O2. The van der Waals surface area contributed by atoms with Crippen LogP contribution in [0, 0.1) is 11.2 Å². The van der Waals surface area contributed by atoms with Crippen molar-refractivity contribution in [3.63, 3.8) is 0 Å². The Bertz CT molecular complexity index is 936. The van der Waals surface area contributed by atoms with Crippen LogP contribution in [0.15, 0.2) is 30.6 Å². The van der Waals surface area contributed by atoms with Gasteiger partial charge in [0.2, 0.25) is 0 Å². The number of halogens is 1. The molecule has 0 aliphatic carbocycles. The van der Waals surface area contributed by atoms with Crippen LogP contribution in [-0.2, 0) is 0 Å². The lowest BCUT2D eigenvalue weighted by atomic mass is 10.1. The van der Waals surface area contributed by atoms with Crippen LogP contribution in [0.1, 0.15) is 35.5 Å². The second-order valence-electron chi connectivity index (χ2n) is 4.77. The Labute approximate surface area is 143 Å². The third-order valence-electron chi connectivity index (χ3n) is 3.39. The molecule has 0 amide bonds. The second kappa shape index (κ2) is 7.52. The summed E-state index contributed by atoms with van der Waals surface area (Å²) in [5, 5.41) is 20.2. The fraction of sp³-hybridized carbons (Fsp3) is 0.176. The number of carbonyl (C=O) groups is 1. The first kappa shape index (κ1) is 18.1. The maximum Gasteiger partial charge on any atom is 0.339 e. The maximum absolute atomic E-state index is 13.3. The van der Waals surface area contributed by atoms with Crippen LogP contribution in [0.2, 0.25) is 0 Å². The topological polar surface area (TPSA) is 115 Å². The van der Waals surface area contributed by atoms with E-state index >= 15 is 0 Å². The summed E-state index contributed by atoms with van der Waals surface area (Å²) < 4.78 is 13.3. The summed E-state index contributed by atoms with van der Waals surface area (Å²) in [5.41, 5.74) is 1.57. The summed E-state index contributed by atoms with van der Waals surface area (Å²) in [7, 11) is 1.62. The SMILES string of the molecule is CC.CNc1cc(F)ccc1C(=N)c1cnc2[nH]cc(C(=O)O)c2n1. The van der Waals surface area contributed by atoms with Gasteiger partial charge in [0.15, 0.2) is 5.65 Å². The monoisotopic (exact) mass is 343 g/mol. The fourth-order valence-electron chi connectivity index (χ4n) is 2.25. The minimum absolute atomic E-state index is 0.0151. The molecule has 0 aliphatic heterocycles. The first-order chi connectivity index (χ1) is 12.0. The van der Waals surface area contributed by atoms with Crippen LogP contribution < -0.4 is 5.32 Å². The van der Waals surface area contributed by atoms with Gasteiger partial charge in [-0.1, -0.05) is 13.8 Å². The highest BCUT2D eigenvalue weighted by Crippen LogP contribution is 2.21. The molecule has 3 rings (SSSR count). The molecule has 0 radical (unpaired) electrons. The van der Waals surface area contributed by atoms with Gasteiger partial charge in [0.05, 0.1) is 11.9 Å². The zero-order chi connectivity index (χ0) is 18.6. The molecule has 4 N–H and O–H groups in total. The number of hydrogen-bond donors (Lipinski definition) is 4. The summed E-state index contributed by atoms with van der Waals surface area (Å²) in [6, 6.07) is 3.98. The number of carboxylic acids is 1. The summed E-state index contributed by atoms with van der Waals surface area (Å²) >= 11 is 0. The molecule has 2 heterocycles. The number of fused-ring (bicyclic) bond motifs is 1. The number of anilines is 1. The predicted molar refractivity (Wildman–Crippen MR) is 94.1 cm³/mol. The Hall–Kier alpha value is -3.29. The average molecular weight is 343 g/mol. The predicted octanol–water partition coefficient (Wildman–Crippen LogP) is 3.28. The van der Waals surface area contributed by atoms with Crippen molar-refractivity contribution in [1.82, 2.24) is 15.0 Å². The molecule has 0 saturated heterocycles. The van der Waals surface area contributed by atoms with E-state index in [1.807, 2.05) is 13.8 Å². The lowest BCUT2D eigenvalue weighted by Crippen LogP contribution is -2.09. The highest BCUT2D eigenvalue weighted by atomic mass is 19.1. The molecule has 7 nitrogen and oxygen atoms in total. The molecule has 25 heavy (non-hydrogen) atoms. The van der Waals surface area contributed by atoms with Crippen molar-refractivity contribution in [2.24, 2.45) is 0 Å². The van der Waals surface area contributed by atoms with E-state index in [1.54, 1.807) is 7.05 Å². The summed E-state index contributed by atoms with van der Waals surface area (Å²) in [4.78, 5) is 22.2. The number of aromatic amines is 1. The minimum Gasteiger partial charge on any atom is -0.478 e. The van der Waals surface area contributed by atoms with E-state index in [9.17, 15) is 9.18 Å². The van der Waals surface area contributed by atoms with E-state index in [2.05, 4.69) is 20.3 Å². The number of H-pyrrole nitrogens is 1. The van der Waals surface area contributed by atoms with Crippen molar-refractivity contribution in [1.29, 1.82) is 5.41 Å². The van der Waals surface area contributed by atoms with Crippen LogP contribution in [0.3, 0.4) is 0 Å². The lowest BCUT2D eigenvalue weighted by molar-refractivity contribution is 0.0699. The normalized spacial score (nSPS) is 10.1. The van der Waals surface area contributed by atoms with Crippen molar-refractivity contribution in [3.8, 4) is 0 Å². The Morgan fingerprint density at radius 2 is 2.04 bits per heavy atom.